The second-order valence-electron chi connectivity index (χ2n) is 13.6. The zero-order valence-electron chi connectivity index (χ0n) is 28.1. The van der Waals surface area contributed by atoms with Gasteiger partial charge in [0.15, 0.2) is 5.96 Å². The molecule has 2 aromatic heterocycles. The molecule has 2 heterocycles. The summed E-state index contributed by atoms with van der Waals surface area (Å²) >= 11 is 6.57. The summed E-state index contributed by atoms with van der Waals surface area (Å²) in [5, 5.41) is 32.6. The summed E-state index contributed by atoms with van der Waals surface area (Å²) in [5.74, 6) is -0.814. The summed E-state index contributed by atoms with van der Waals surface area (Å²) in [6.45, 7) is 5.35. The molecule has 50 heavy (non-hydrogen) atoms. The molecule has 3 N–H and O–H groups in total. The lowest BCUT2D eigenvalue weighted by molar-refractivity contribution is 0.0566. The van der Waals surface area contributed by atoms with Crippen LogP contribution in [0.15, 0.2) is 67.3 Å². The lowest BCUT2D eigenvalue weighted by atomic mass is 9.92. The third-order valence-corrected chi connectivity index (χ3v) is 8.61. The van der Waals surface area contributed by atoms with Gasteiger partial charge >= 0.3 is 12.6 Å². The van der Waals surface area contributed by atoms with Gasteiger partial charge in [0.1, 0.15) is 12.7 Å². The molecule has 0 bridgehead atoms. The lowest BCUT2D eigenvalue weighted by Crippen LogP contribution is -2.49. The first kappa shape index (κ1) is 36.0. The van der Waals surface area contributed by atoms with Crippen LogP contribution in [0.2, 0.25) is 5.02 Å². The van der Waals surface area contributed by atoms with Crippen molar-refractivity contribution in [1.82, 2.24) is 35.1 Å². The molecule has 12 nitrogen and oxygen atoms in total. The number of nitrogens with one attached hydrogen (secondary N) is 3. The fraction of sp³-hybridized carbons (Fsp3) is 0.371. The smallest absolute Gasteiger partial charge is 0.407 e. The Kier molecular flexibility index (Phi) is 10.6. The molecule has 15 heteroatoms. The Hall–Kier alpha value is -5.29. The first-order valence-electron chi connectivity index (χ1n) is 15.9. The Balaban J connectivity index is 1.53. The van der Waals surface area contributed by atoms with Crippen LogP contribution in [0, 0.1) is 22.2 Å². The normalized spacial score (nSPS) is 14.1. The van der Waals surface area contributed by atoms with Crippen molar-refractivity contribution in [2.45, 2.75) is 65.1 Å². The number of rotatable bonds is 11. The zero-order chi connectivity index (χ0) is 36.2. The highest BCUT2D eigenvalue weighted by atomic mass is 35.5. The highest BCUT2D eigenvalue weighted by molar-refractivity contribution is 6.32. The Morgan fingerprint density at radius 2 is 1.84 bits per heavy atom. The number of hydrogen-bond acceptors (Lipinski definition) is 7. The standard InChI is InChI=1S/C35H38ClF2N9O3/c1-34(2,3)13-14-41-32(40)47(30(48)24-7-5-23(6-8-24)26-18-43-46(20-26)31(37)38)29(21-50-33(49)44-35(4)11-12-35)25-9-10-27(36)28(15-25)45-19-22(16-39)17-42-45/h5-10,15,17-20,29,31H,11-14,21H2,1-4H3,(H2,40,41)(H,44,49)/t29-/m1/s1. The molecule has 1 aliphatic rings. The van der Waals surface area contributed by atoms with Gasteiger partial charge in [0, 0.05) is 35.6 Å². The number of halogens is 3. The van der Waals surface area contributed by atoms with Crippen molar-refractivity contribution in [1.29, 1.82) is 10.7 Å². The third kappa shape index (κ3) is 8.83. The molecular weight excluding hydrogens is 668 g/mol. The average molecular weight is 706 g/mol. The van der Waals surface area contributed by atoms with Crippen molar-refractivity contribution in [3.8, 4) is 22.9 Å². The van der Waals surface area contributed by atoms with E-state index in [9.17, 15) is 23.6 Å². The SMILES string of the molecule is CC(C)(C)CCNC(=N)N(C(=O)c1ccc(-c2cnn(C(F)F)c2)cc1)[C@H](COC(=O)NC1(C)CC1)c1ccc(Cl)c(-n2cc(C#N)cn2)c1. The van der Waals surface area contributed by atoms with Crippen LogP contribution in [0.3, 0.4) is 0 Å². The van der Waals surface area contributed by atoms with Crippen LogP contribution in [0.5, 0.6) is 0 Å². The summed E-state index contributed by atoms with van der Waals surface area (Å²) < 4.78 is 33.9. The van der Waals surface area contributed by atoms with Crippen LogP contribution in [-0.2, 0) is 4.74 Å². The number of alkyl carbamates (subject to hydrolysis) is 1. The largest absolute Gasteiger partial charge is 0.447 e. The number of carbonyl (C=O) groups is 2. The summed E-state index contributed by atoms with van der Waals surface area (Å²) in [7, 11) is 0. The predicted molar refractivity (Wildman–Crippen MR) is 183 cm³/mol. The van der Waals surface area contributed by atoms with Crippen molar-refractivity contribution in [2.24, 2.45) is 5.41 Å². The number of alkyl halides is 2. The molecule has 0 spiro atoms. The topological polar surface area (TPSA) is 154 Å². The fourth-order valence-electron chi connectivity index (χ4n) is 5.07. The molecule has 5 rings (SSSR count). The van der Waals surface area contributed by atoms with E-state index in [1.54, 1.807) is 30.3 Å². The Morgan fingerprint density at radius 1 is 1.12 bits per heavy atom. The third-order valence-electron chi connectivity index (χ3n) is 8.30. The number of hydrogen-bond donors (Lipinski definition) is 3. The van der Waals surface area contributed by atoms with Gasteiger partial charge in [-0.15, -0.1) is 0 Å². The number of ether oxygens (including phenoxy) is 1. The maximum Gasteiger partial charge on any atom is 0.407 e. The Labute approximate surface area is 293 Å². The molecule has 1 fully saturated rings. The first-order valence-corrected chi connectivity index (χ1v) is 16.3. The van der Waals surface area contributed by atoms with Gasteiger partial charge in [-0.25, -0.2) is 14.2 Å². The minimum absolute atomic E-state index is 0.0628. The molecule has 262 valence electrons. The van der Waals surface area contributed by atoms with Crippen LogP contribution in [0.25, 0.3) is 16.8 Å². The van der Waals surface area contributed by atoms with Crippen LogP contribution >= 0.6 is 11.6 Å². The summed E-state index contributed by atoms with van der Waals surface area (Å²) in [6, 6.07) is 12.2. The van der Waals surface area contributed by atoms with Gasteiger partial charge in [0.2, 0.25) is 0 Å². The molecule has 0 unspecified atom stereocenters. The molecule has 1 atom stereocenters. The zero-order valence-corrected chi connectivity index (χ0v) is 28.8. The minimum Gasteiger partial charge on any atom is -0.447 e. The van der Waals surface area contributed by atoms with Crippen molar-refractivity contribution >= 4 is 29.6 Å². The molecule has 2 aromatic carbocycles. The lowest BCUT2D eigenvalue weighted by Gasteiger charge is -2.33. The second kappa shape index (κ2) is 14.7. The van der Waals surface area contributed by atoms with Crippen LogP contribution in [-0.4, -0.2) is 61.1 Å². The van der Waals surface area contributed by atoms with E-state index in [1.807, 2.05) is 13.0 Å². The van der Waals surface area contributed by atoms with Gasteiger partial charge in [0.05, 0.1) is 34.7 Å². The van der Waals surface area contributed by atoms with E-state index in [-0.39, 0.29) is 29.1 Å². The van der Waals surface area contributed by atoms with Gasteiger partial charge in [0.25, 0.3) is 5.91 Å². The van der Waals surface area contributed by atoms with Crippen molar-refractivity contribution < 1.29 is 23.1 Å². The number of amides is 2. The summed E-state index contributed by atoms with van der Waals surface area (Å²) in [6.07, 6.45) is 7.06. The van der Waals surface area contributed by atoms with Crippen LogP contribution in [0.4, 0.5) is 13.6 Å². The van der Waals surface area contributed by atoms with Gasteiger partial charge in [-0.3, -0.25) is 15.1 Å². The average Bonchev–Trinajstić information content (AvgIpc) is 3.43. The first-order chi connectivity index (χ1) is 23.7. The summed E-state index contributed by atoms with van der Waals surface area (Å²) in [5.41, 5.74) is 1.94. The van der Waals surface area contributed by atoms with Crippen molar-refractivity contribution in [3.05, 3.63) is 89.0 Å². The van der Waals surface area contributed by atoms with E-state index in [0.29, 0.717) is 50.6 Å². The van der Waals surface area contributed by atoms with Crippen molar-refractivity contribution in [2.75, 3.05) is 13.2 Å². The number of nitriles is 1. The Morgan fingerprint density at radius 3 is 2.44 bits per heavy atom. The van der Waals surface area contributed by atoms with E-state index in [1.165, 1.54) is 46.5 Å². The molecule has 2 amide bonds. The maximum absolute atomic E-state index is 14.4. The van der Waals surface area contributed by atoms with Gasteiger partial charge in [-0.1, -0.05) is 50.6 Å². The number of guanidine groups is 1. The van der Waals surface area contributed by atoms with Crippen LogP contribution in [0.1, 0.15) is 81.0 Å². The minimum atomic E-state index is -2.79. The van der Waals surface area contributed by atoms with Crippen LogP contribution < -0.4 is 10.6 Å². The van der Waals surface area contributed by atoms with E-state index < -0.39 is 24.6 Å². The highest BCUT2D eigenvalue weighted by Gasteiger charge is 2.40. The molecule has 1 saturated carbocycles. The summed E-state index contributed by atoms with van der Waals surface area (Å²) in [4.78, 5) is 28.6. The molecule has 4 aromatic rings. The van der Waals surface area contributed by atoms with Gasteiger partial charge in [-0.05, 0) is 67.0 Å². The fourth-order valence-corrected chi connectivity index (χ4v) is 5.28. The monoisotopic (exact) mass is 705 g/mol. The van der Waals surface area contributed by atoms with Gasteiger partial charge in [-0.2, -0.15) is 24.2 Å². The number of benzene rings is 2. The molecule has 1 aliphatic carbocycles. The predicted octanol–water partition coefficient (Wildman–Crippen LogP) is 7.08. The number of carbonyl (C=O) groups excluding carboxylic acids is 2. The highest BCUT2D eigenvalue weighted by Crippen LogP contribution is 2.35. The van der Waals surface area contributed by atoms with E-state index in [0.717, 1.165) is 12.8 Å². The number of nitrogens with zero attached hydrogens (tertiary/aromatic N) is 6. The van der Waals surface area contributed by atoms with Crippen molar-refractivity contribution in [3.63, 3.8) is 0 Å². The molecule has 0 radical (unpaired) electrons. The second-order valence-corrected chi connectivity index (χ2v) is 14.0. The molecular formula is C35H38ClF2N9O3. The van der Waals surface area contributed by atoms with Gasteiger partial charge < -0.3 is 15.4 Å². The molecule has 0 aliphatic heterocycles. The van der Waals surface area contributed by atoms with E-state index in [2.05, 4.69) is 41.6 Å². The van der Waals surface area contributed by atoms with E-state index >= 15 is 0 Å². The maximum atomic E-state index is 14.4. The molecule has 0 saturated heterocycles. The Bertz CT molecular complexity index is 1910. The quantitative estimate of drug-likeness (QED) is 0.111. The van der Waals surface area contributed by atoms with E-state index in [4.69, 9.17) is 21.7 Å². The number of aromatic nitrogens is 4.